The van der Waals surface area contributed by atoms with E-state index >= 15 is 0 Å². The molecule has 7 aromatic rings. The van der Waals surface area contributed by atoms with E-state index in [-0.39, 0.29) is 6.10 Å². The number of hydrogen-bond acceptors (Lipinski definition) is 2. The third-order valence-electron chi connectivity index (χ3n) is 12.4. The molecule has 0 spiro atoms. The first kappa shape index (κ1) is 34.4. The van der Waals surface area contributed by atoms with Crippen molar-refractivity contribution in [2.75, 3.05) is 4.90 Å². The van der Waals surface area contributed by atoms with E-state index in [0.29, 0.717) is 5.92 Å². The van der Waals surface area contributed by atoms with Gasteiger partial charge in [0.2, 0.25) is 0 Å². The Bertz CT molecular complexity index is 2910. The zero-order chi connectivity index (χ0) is 38.4. The lowest BCUT2D eigenvalue weighted by atomic mass is 9.87. The fourth-order valence-electron chi connectivity index (χ4n) is 9.49. The highest BCUT2D eigenvalue weighted by molar-refractivity contribution is 6.10. The molecule has 2 atom stereocenters. The Hall–Kier alpha value is -6.90. The van der Waals surface area contributed by atoms with Gasteiger partial charge in [0.05, 0.1) is 5.70 Å². The number of ether oxygens (including phenoxy) is 1. The Balaban J connectivity index is 1.06. The second-order valence-corrected chi connectivity index (χ2v) is 15.8. The van der Waals surface area contributed by atoms with Gasteiger partial charge in [0, 0.05) is 40.2 Å². The van der Waals surface area contributed by atoms with Crippen molar-refractivity contribution >= 4 is 49.6 Å². The van der Waals surface area contributed by atoms with Crippen LogP contribution in [0.2, 0.25) is 0 Å². The third kappa shape index (κ3) is 6.04. The van der Waals surface area contributed by atoms with Crippen LogP contribution in [0, 0.1) is 0 Å². The van der Waals surface area contributed by atoms with Crippen LogP contribution in [0.4, 0.5) is 11.4 Å². The maximum Gasteiger partial charge on any atom is 0.135 e. The summed E-state index contributed by atoms with van der Waals surface area (Å²) in [6, 6.07) is 55.7. The molecule has 0 N–H and O–H groups in total. The van der Waals surface area contributed by atoms with Crippen LogP contribution in [0.5, 0.6) is 5.75 Å². The van der Waals surface area contributed by atoms with Crippen molar-refractivity contribution < 1.29 is 4.74 Å². The van der Waals surface area contributed by atoms with Crippen molar-refractivity contribution in [1.29, 1.82) is 0 Å². The fourth-order valence-corrected chi connectivity index (χ4v) is 9.49. The minimum Gasteiger partial charge on any atom is -0.484 e. The van der Waals surface area contributed by atoms with Gasteiger partial charge in [-0.15, -0.1) is 0 Å². The van der Waals surface area contributed by atoms with Crippen LogP contribution in [-0.2, 0) is 0 Å². The maximum atomic E-state index is 7.05. The summed E-state index contributed by atoms with van der Waals surface area (Å²) in [5.41, 5.74) is 14.9. The summed E-state index contributed by atoms with van der Waals surface area (Å²) < 4.78 is 7.05. The van der Waals surface area contributed by atoms with Gasteiger partial charge < -0.3 is 9.64 Å². The fraction of sp³-hybridized carbons (Fsp3) is 0.107. The van der Waals surface area contributed by atoms with Crippen molar-refractivity contribution in [2.24, 2.45) is 0 Å². The lowest BCUT2D eigenvalue weighted by Crippen LogP contribution is -2.23. The molecule has 0 saturated heterocycles. The molecule has 7 aromatic carbocycles. The van der Waals surface area contributed by atoms with E-state index in [1.165, 1.54) is 66.3 Å². The van der Waals surface area contributed by atoms with Crippen LogP contribution >= 0.6 is 0 Å². The number of allylic oxidation sites excluding steroid dienone is 9. The first-order valence-corrected chi connectivity index (χ1v) is 20.7. The van der Waals surface area contributed by atoms with Crippen LogP contribution in [0.1, 0.15) is 53.9 Å². The Morgan fingerprint density at radius 3 is 2.17 bits per heavy atom. The van der Waals surface area contributed by atoms with Crippen molar-refractivity contribution in [2.45, 2.75) is 37.7 Å². The van der Waals surface area contributed by atoms with E-state index in [9.17, 15) is 0 Å². The highest BCUT2D eigenvalue weighted by Crippen LogP contribution is 2.52. The summed E-state index contributed by atoms with van der Waals surface area (Å²) >= 11 is 0. The molecule has 0 saturated carbocycles. The Labute approximate surface area is 340 Å². The Morgan fingerprint density at radius 2 is 1.34 bits per heavy atom. The highest BCUT2D eigenvalue weighted by atomic mass is 16.5. The smallest absolute Gasteiger partial charge is 0.135 e. The quantitative estimate of drug-likeness (QED) is 0.161. The van der Waals surface area contributed by atoms with Crippen molar-refractivity contribution in [3.8, 4) is 16.9 Å². The normalized spacial score (nSPS) is 18.1. The molecule has 2 unspecified atom stereocenters. The van der Waals surface area contributed by atoms with Gasteiger partial charge in [-0.25, -0.2) is 0 Å². The van der Waals surface area contributed by atoms with Crippen molar-refractivity contribution in [1.82, 2.24) is 0 Å². The lowest BCUT2D eigenvalue weighted by Gasteiger charge is -2.31. The van der Waals surface area contributed by atoms with Crippen LogP contribution in [0.25, 0.3) is 49.4 Å². The van der Waals surface area contributed by atoms with E-state index in [0.717, 1.165) is 53.9 Å². The molecule has 3 aliphatic carbocycles. The van der Waals surface area contributed by atoms with Gasteiger partial charge in [-0.2, -0.15) is 0 Å². The second-order valence-electron chi connectivity index (χ2n) is 15.8. The van der Waals surface area contributed by atoms with Gasteiger partial charge in [-0.3, -0.25) is 0 Å². The minimum atomic E-state index is -0.0877. The molecule has 0 fully saturated rings. The van der Waals surface area contributed by atoms with E-state index in [1.54, 1.807) is 0 Å². The molecule has 1 aliphatic heterocycles. The predicted octanol–water partition coefficient (Wildman–Crippen LogP) is 14.8. The van der Waals surface area contributed by atoms with Crippen molar-refractivity contribution in [3.05, 3.63) is 228 Å². The SMILES string of the molecule is C1=CCCC(c2cccc(N(C3=C4c5cc(-c6cccc7ccccc67)c6ccccc6c5OC4CC=C3)c3ccc(C4C=CC(c5ccccc5)=CC4)cc3)c2)=C1. The summed E-state index contributed by atoms with van der Waals surface area (Å²) in [7, 11) is 0. The lowest BCUT2D eigenvalue weighted by molar-refractivity contribution is 0.281. The first-order valence-electron chi connectivity index (χ1n) is 20.7. The van der Waals surface area contributed by atoms with Gasteiger partial charge in [0.1, 0.15) is 11.9 Å². The molecular formula is C56H43NO. The molecule has 4 aliphatic rings. The number of anilines is 2. The minimum absolute atomic E-state index is 0.0877. The van der Waals surface area contributed by atoms with Gasteiger partial charge in [-0.05, 0) is 111 Å². The van der Waals surface area contributed by atoms with E-state index in [2.05, 4.69) is 205 Å². The highest BCUT2D eigenvalue weighted by Gasteiger charge is 2.36. The number of rotatable bonds is 7. The molecular weight excluding hydrogens is 703 g/mol. The average Bonchev–Trinajstić information content (AvgIpc) is 3.69. The van der Waals surface area contributed by atoms with Crippen LogP contribution in [-0.4, -0.2) is 6.10 Å². The first-order chi connectivity index (χ1) is 28.8. The Kier molecular flexibility index (Phi) is 8.62. The van der Waals surface area contributed by atoms with Crippen LogP contribution < -0.4 is 9.64 Å². The molecule has 0 radical (unpaired) electrons. The summed E-state index contributed by atoms with van der Waals surface area (Å²) in [4.78, 5) is 2.47. The molecule has 278 valence electrons. The number of hydrogen-bond donors (Lipinski definition) is 0. The number of fused-ring (bicyclic) bond motifs is 6. The van der Waals surface area contributed by atoms with Gasteiger partial charge in [0.25, 0.3) is 0 Å². The van der Waals surface area contributed by atoms with Gasteiger partial charge in [0.15, 0.2) is 0 Å². The monoisotopic (exact) mass is 745 g/mol. The summed E-state index contributed by atoms with van der Waals surface area (Å²) in [5.74, 6) is 1.32. The summed E-state index contributed by atoms with van der Waals surface area (Å²) in [6.07, 6.45) is 22.2. The van der Waals surface area contributed by atoms with E-state index in [1.807, 2.05) is 0 Å². The molecule has 0 aromatic heterocycles. The maximum absolute atomic E-state index is 7.05. The molecule has 11 rings (SSSR count). The number of benzene rings is 7. The molecule has 58 heavy (non-hydrogen) atoms. The zero-order valence-corrected chi connectivity index (χ0v) is 32.4. The van der Waals surface area contributed by atoms with Crippen LogP contribution in [0.3, 0.4) is 0 Å². The zero-order valence-electron chi connectivity index (χ0n) is 32.4. The largest absolute Gasteiger partial charge is 0.484 e. The van der Waals surface area contributed by atoms with Crippen LogP contribution in [0.15, 0.2) is 206 Å². The predicted molar refractivity (Wildman–Crippen MR) is 244 cm³/mol. The molecule has 2 heteroatoms. The van der Waals surface area contributed by atoms with Crippen molar-refractivity contribution in [3.63, 3.8) is 0 Å². The van der Waals surface area contributed by atoms with Gasteiger partial charge >= 0.3 is 0 Å². The molecule has 2 nitrogen and oxygen atoms in total. The average molecular weight is 746 g/mol. The van der Waals surface area contributed by atoms with E-state index in [4.69, 9.17) is 4.74 Å². The van der Waals surface area contributed by atoms with E-state index < -0.39 is 0 Å². The molecule has 0 amide bonds. The Morgan fingerprint density at radius 1 is 0.569 bits per heavy atom. The summed E-state index contributed by atoms with van der Waals surface area (Å²) in [5, 5.41) is 4.87. The van der Waals surface area contributed by atoms with Gasteiger partial charge in [-0.1, -0.05) is 164 Å². The summed E-state index contributed by atoms with van der Waals surface area (Å²) in [6.45, 7) is 0. The topological polar surface area (TPSA) is 12.5 Å². The third-order valence-corrected chi connectivity index (χ3v) is 12.4. The number of nitrogens with zero attached hydrogens (tertiary/aromatic N) is 1. The second kappa shape index (κ2) is 14.6. The molecule has 1 heterocycles. The molecule has 0 bridgehead atoms. The standard InChI is InChI=1S/C56H43NO/c1-3-14-38(15-4-1)40-28-30-41(31-29-40)42-32-34-45(35-33-42)57(46-21-11-20-44(36-46)39-16-5-2-6-17-39)53-26-13-27-54-55(53)52-37-51(49-23-9-10-24-50(49)56(52)58-54)48-25-12-19-43-18-7-8-22-47(43)48/h1-5,7-16,18-26,28-30,32-37,41,54H,6,17,27,31H2.